The molecule has 252 valence electrons. The first-order chi connectivity index (χ1) is 21.0. The quantitative estimate of drug-likeness (QED) is 0.113. The molecular formula is C33H52N2O8P2. The molecule has 0 aliphatic carbocycles. The number of hydrogen-bond donors (Lipinski definition) is 2. The topological polar surface area (TPSA) is 129 Å². The first-order valence-corrected chi connectivity index (χ1v) is 19.1. The van der Waals surface area contributed by atoms with Crippen molar-refractivity contribution in [1.82, 2.24) is 10.2 Å². The first kappa shape index (κ1) is 38.5. The van der Waals surface area contributed by atoms with E-state index >= 15 is 0 Å². The van der Waals surface area contributed by atoms with Crippen LogP contribution >= 0.6 is 15.0 Å². The fraction of sp³-hybridized carbons (Fsp3) is 0.576. The first-order valence-electron chi connectivity index (χ1n) is 15.7. The summed E-state index contributed by atoms with van der Waals surface area (Å²) >= 11 is 0. The van der Waals surface area contributed by atoms with Crippen LogP contribution in [0.25, 0.3) is 0 Å². The Morgan fingerprint density at radius 1 is 0.822 bits per heavy atom. The van der Waals surface area contributed by atoms with Crippen molar-refractivity contribution in [2.45, 2.75) is 104 Å². The molecule has 0 aliphatic heterocycles. The molecule has 1 unspecified atom stereocenters. The van der Waals surface area contributed by atoms with E-state index in [0.717, 1.165) is 18.4 Å². The van der Waals surface area contributed by atoms with E-state index < -0.39 is 44.2 Å². The largest absolute Gasteiger partial charge is 0.465 e. The Hall–Kier alpha value is -2.64. The maximum atomic E-state index is 13.8. The average molecular weight is 667 g/mol. The summed E-state index contributed by atoms with van der Waals surface area (Å²) in [5, 5.41) is 5.82. The number of hydrogen-bond acceptors (Lipinski definition) is 8. The third-order valence-corrected chi connectivity index (χ3v) is 12.6. The summed E-state index contributed by atoms with van der Waals surface area (Å²) in [6.07, 6.45) is 2.22. The second-order valence-electron chi connectivity index (χ2n) is 12.3. The molecule has 4 atom stereocenters. The Labute approximate surface area is 269 Å². The highest BCUT2D eigenvalue weighted by atomic mass is 31.2. The minimum Gasteiger partial charge on any atom is -0.465 e. The number of rotatable bonds is 19. The van der Waals surface area contributed by atoms with Crippen molar-refractivity contribution in [2.75, 3.05) is 13.2 Å². The monoisotopic (exact) mass is 666 g/mol. The van der Waals surface area contributed by atoms with Gasteiger partial charge in [0.05, 0.1) is 24.5 Å². The van der Waals surface area contributed by atoms with Crippen LogP contribution in [0.3, 0.4) is 0 Å². The van der Waals surface area contributed by atoms with Crippen LogP contribution in [0.4, 0.5) is 0 Å². The summed E-state index contributed by atoms with van der Waals surface area (Å²) in [5.74, 6) is -0.00878. The van der Waals surface area contributed by atoms with Crippen molar-refractivity contribution < 1.29 is 37.2 Å². The lowest BCUT2D eigenvalue weighted by Gasteiger charge is -2.32. The van der Waals surface area contributed by atoms with Gasteiger partial charge in [-0.1, -0.05) is 71.4 Å². The molecule has 0 radical (unpaired) electrons. The summed E-state index contributed by atoms with van der Waals surface area (Å²) in [7, 11) is -6.88. The molecule has 0 bridgehead atoms. The van der Waals surface area contributed by atoms with Crippen LogP contribution in [0.5, 0.6) is 11.5 Å². The number of nitrogens with one attached hydrogen (secondary N) is 2. The smallest absolute Gasteiger partial charge is 0.326 e. The van der Waals surface area contributed by atoms with Crippen molar-refractivity contribution in [3.8, 4) is 11.5 Å². The van der Waals surface area contributed by atoms with Crippen molar-refractivity contribution >= 4 is 27.0 Å². The summed E-state index contributed by atoms with van der Waals surface area (Å²) in [6, 6.07) is 15.4. The number of carbonyl (C=O) groups is 2. The maximum Gasteiger partial charge on any atom is 0.326 e. The van der Waals surface area contributed by atoms with Crippen molar-refractivity contribution in [3.63, 3.8) is 0 Å². The van der Waals surface area contributed by atoms with Crippen molar-refractivity contribution in [3.05, 3.63) is 60.2 Å². The summed E-state index contributed by atoms with van der Waals surface area (Å²) in [4.78, 5) is 25.3. The van der Waals surface area contributed by atoms with Gasteiger partial charge in [0.15, 0.2) is 0 Å². The highest BCUT2D eigenvalue weighted by molar-refractivity contribution is 7.58. The number of para-hydroxylation sites is 1. The Morgan fingerprint density at radius 2 is 1.42 bits per heavy atom. The molecule has 12 heteroatoms. The average Bonchev–Trinajstić information content (AvgIpc) is 2.97. The molecule has 0 aliphatic rings. The lowest BCUT2D eigenvalue weighted by molar-refractivity contribution is -0.149. The van der Waals surface area contributed by atoms with Gasteiger partial charge in [0.25, 0.3) is 0 Å². The van der Waals surface area contributed by atoms with Crippen molar-refractivity contribution in [1.29, 1.82) is 0 Å². The molecule has 45 heavy (non-hydrogen) atoms. The molecule has 2 rings (SSSR count). The van der Waals surface area contributed by atoms with E-state index in [2.05, 4.69) is 10.2 Å². The second kappa shape index (κ2) is 17.3. The van der Waals surface area contributed by atoms with E-state index in [1.54, 1.807) is 85.7 Å². The molecular weight excluding hydrogens is 614 g/mol. The number of ether oxygens (including phenoxy) is 2. The van der Waals surface area contributed by atoms with E-state index in [1.165, 1.54) is 0 Å². The van der Waals surface area contributed by atoms with Gasteiger partial charge in [0, 0.05) is 0 Å². The Kier molecular flexibility index (Phi) is 14.8. The van der Waals surface area contributed by atoms with Gasteiger partial charge in [-0.3, -0.25) is 18.7 Å². The lowest BCUT2D eigenvalue weighted by Crippen LogP contribution is -2.47. The highest BCUT2D eigenvalue weighted by Crippen LogP contribution is 2.50. The fourth-order valence-electron chi connectivity index (χ4n) is 4.26. The molecule has 0 aromatic heterocycles. The highest BCUT2D eigenvalue weighted by Gasteiger charge is 2.41. The fourth-order valence-corrected chi connectivity index (χ4v) is 7.71. The zero-order chi connectivity index (χ0) is 33.8. The third kappa shape index (κ3) is 11.9. The molecule has 2 aromatic carbocycles. The van der Waals surface area contributed by atoms with Gasteiger partial charge < -0.3 is 18.5 Å². The molecule has 0 saturated heterocycles. The Bertz CT molecular complexity index is 1330. The van der Waals surface area contributed by atoms with Crippen LogP contribution in [0.2, 0.25) is 0 Å². The number of aryl methyl sites for hydroxylation is 1. The summed E-state index contributed by atoms with van der Waals surface area (Å²) < 4.78 is 50.0. The van der Waals surface area contributed by atoms with Crippen LogP contribution in [-0.4, -0.2) is 48.1 Å². The van der Waals surface area contributed by atoms with E-state index in [0.29, 0.717) is 17.9 Å². The van der Waals surface area contributed by atoms with Crippen LogP contribution in [0.15, 0.2) is 54.6 Å². The van der Waals surface area contributed by atoms with Gasteiger partial charge in [-0.25, -0.2) is 10.2 Å². The normalized spacial score (nSPS) is 15.9. The van der Waals surface area contributed by atoms with Crippen LogP contribution < -0.4 is 19.2 Å². The lowest BCUT2D eigenvalue weighted by atomic mass is 9.98. The molecule has 0 amide bonds. The number of esters is 2. The molecule has 2 aromatic rings. The molecule has 10 nitrogen and oxygen atoms in total. The van der Waals surface area contributed by atoms with E-state index in [9.17, 15) is 18.7 Å². The number of benzene rings is 2. The van der Waals surface area contributed by atoms with Crippen LogP contribution in [0, 0.1) is 5.92 Å². The second-order valence-corrected chi connectivity index (χ2v) is 17.6. The standard InChI is InChI=1S/C33H52N2O8P2/c1-10-27(23-41-31(36)26(7)34-44(38,24(3)4)42-29-17-13-12-14-18-29)20-21-28-16-15-19-30(22-28)43-45(39,25(5)6)35-33(8,9)32(37)40-11-2/h12-19,22,24-27H,10-11,20-21,23H2,1-9H3,(H,34,38)(H,35,39)/t26-,27?,44+,45+/m0/s1. The molecule has 2 N–H and O–H groups in total. The van der Waals surface area contributed by atoms with E-state index in [-0.39, 0.29) is 24.8 Å². The maximum absolute atomic E-state index is 13.8. The zero-order valence-electron chi connectivity index (χ0n) is 28.2. The summed E-state index contributed by atoms with van der Waals surface area (Å²) in [6.45, 7) is 16.2. The third-order valence-electron chi connectivity index (χ3n) is 7.31. The number of carbonyl (C=O) groups excluding carboxylic acids is 2. The SMILES string of the molecule is CCOC(=O)C(C)(C)N[P@](=O)(Oc1cccc(CCC(CC)COC(=O)[C@H](C)N[P@](=O)(Oc2ccccc2)C(C)C)c1)C(C)C. The Morgan fingerprint density at radius 3 is 2.00 bits per heavy atom. The predicted molar refractivity (Wildman–Crippen MR) is 179 cm³/mol. The van der Waals surface area contributed by atoms with Gasteiger partial charge in [-0.2, -0.15) is 0 Å². The van der Waals surface area contributed by atoms with E-state index in [4.69, 9.17) is 18.5 Å². The van der Waals surface area contributed by atoms with E-state index in [1.807, 2.05) is 31.2 Å². The predicted octanol–water partition coefficient (Wildman–Crippen LogP) is 7.76. The van der Waals surface area contributed by atoms with Gasteiger partial charge in [0.1, 0.15) is 23.1 Å². The minimum absolute atomic E-state index is 0.0944. The minimum atomic E-state index is -3.49. The van der Waals surface area contributed by atoms with Gasteiger partial charge >= 0.3 is 27.0 Å². The van der Waals surface area contributed by atoms with Gasteiger partial charge in [-0.15, -0.1) is 0 Å². The van der Waals surface area contributed by atoms with Crippen LogP contribution in [-0.2, 0) is 34.6 Å². The van der Waals surface area contributed by atoms with Crippen LogP contribution in [0.1, 0.15) is 80.7 Å². The van der Waals surface area contributed by atoms with Gasteiger partial charge in [0.2, 0.25) is 0 Å². The Balaban J connectivity index is 1.99. The zero-order valence-corrected chi connectivity index (χ0v) is 30.0. The van der Waals surface area contributed by atoms with Gasteiger partial charge in [-0.05, 0) is 76.3 Å². The summed E-state index contributed by atoms with van der Waals surface area (Å²) in [5.41, 5.74) is -0.980. The molecule has 0 saturated carbocycles. The van der Waals surface area contributed by atoms with Crippen molar-refractivity contribution in [2.24, 2.45) is 5.92 Å². The molecule has 0 spiro atoms. The molecule has 0 heterocycles. The molecule has 0 fully saturated rings.